The lowest BCUT2D eigenvalue weighted by molar-refractivity contribution is -0.129. The second-order valence-electron chi connectivity index (χ2n) is 7.52. The lowest BCUT2D eigenvalue weighted by atomic mass is 9.75. The van der Waals surface area contributed by atoms with Gasteiger partial charge in [0.05, 0.1) is 11.5 Å². The first-order valence-corrected chi connectivity index (χ1v) is 9.40. The van der Waals surface area contributed by atoms with Gasteiger partial charge in [-0.15, -0.1) is 0 Å². The van der Waals surface area contributed by atoms with E-state index in [9.17, 15) is 9.59 Å². The van der Waals surface area contributed by atoms with Crippen molar-refractivity contribution >= 4 is 11.9 Å². The molecular formula is C17H26N6O2. The van der Waals surface area contributed by atoms with Gasteiger partial charge in [0.2, 0.25) is 5.91 Å². The summed E-state index contributed by atoms with van der Waals surface area (Å²) in [5.74, 6) is 0.642. The van der Waals surface area contributed by atoms with E-state index in [1.165, 1.54) is 6.33 Å². The number of urea groups is 1. The Morgan fingerprint density at radius 3 is 2.52 bits per heavy atom. The Morgan fingerprint density at radius 2 is 1.88 bits per heavy atom. The third-order valence-electron chi connectivity index (χ3n) is 5.88. The number of nitrogens with one attached hydrogen (secondary N) is 2. The zero-order valence-corrected chi connectivity index (χ0v) is 14.5. The molecule has 0 aromatic carbocycles. The molecule has 3 heterocycles. The molecule has 3 fully saturated rings. The van der Waals surface area contributed by atoms with Crippen LogP contribution in [0.2, 0.25) is 0 Å². The number of H-pyrrole nitrogens is 1. The van der Waals surface area contributed by atoms with Gasteiger partial charge >= 0.3 is 6.03 Å². The Morgan fingerprint density at radius 1 is 1.12 bits per heavy atom. The van der Waals surface area contributed by atoms with Crippen molar-refractivity contribution in [2.75, 3.05) is 26.2 Å². The van der Waals surface area contributed by atoms with Crippen molar-refractivity contribution in [3.63, 3.8) is 0 Å². The molecule has 0 radical (unpaired) electrons. The molecule has 0 unspecified atom stereocenters. The molecule has 0 bridgehead atoms. The van der Waals surface area contributed by atoms with E-state index in [2.05, 4.69) is 20.5 Å². The van der Waals surface area contributed by atoms with Crippen LogP contribution in [-0.2, 0) is 10.3 Å². The van der Waals surface area contributed by atoms with E-state index >= 15 is 0 Å². The first kappa shape index (κ1) is 16.4. The smallest absolute Gasteiger partial charge is 0.320 e. The summed E-state index contributed by atoms with van der Waals surface area (Å²) in [5, 5.41) is 10.0. The number of aromatic amines is 1. The summed E-state index contributed by atoms with van der Waals surface area (Å²) in [6.45, 7) is 2.97. The molecule has 1 aliphatic carbocycles. The van der Waals surface area contributed by atoms with Crippen LogP contribution in [0.3, 0.4) is 0 Å². The molecule has 25 heavy (non-hydrogen) atoms. The third-order valence-corrected chi connectivity index (χ3v) is 5.88. The van der Waals surface area contributed by atoms with Crippen LogP contribution < -0.4 is 5.32 Å². The maximum atomic E-state index is 12.9. The van der Waals surface area contributed by atoms with Gasteiger partial charge in [0.25, 0.3) is 0 Å². The molecule has 136 valence electrons. The van der Waals surface area contributed by atoms with Gasteiger partial charge in [0, 0.05) is 26.2 Å². The highest BCUT2D eigenvalue weighted by molar-refractivity contribution is 5.81. The van der Waals surface area contributed by atoms with E-state index in [0.717, 1.165) is 70.4 Å². The molecular weight excluding hydrogens is 320 g/mol. The average molecular weight is 346 g/mol. The quantitative estimate of drug-likeness (QED) is 0.861. The van der Waals surface area contributed by atoms with Crippen LogP contribution in [0.5, 0.6) is 0 Å². The lowest BCUT2D eigenvalue weighted by Crippen LogP contribution is -2.56. The van der Waals surface area contributed by atoms with Crippen LogP contribution in [0.25, 0.3) is 0 Å². The maximum absolute atomic E-state index is 12.9. The van der Waals surface area contributed by atoms with E-state index < -0.39 is 5.54 Å². The average Bonchev–Trinajstić information content (AvgIpc) is 3.30. The summed E-state index contributed by atoms with van der Waals surface area (Å²) >= 11 is 0. The van der Waals surface area contributed by atoms with E-state index in [0.29, 0.717) is 6.54 Å². The van der Waals surface area contributed by atoms with Gasteiger partial charge in [0.1, 0.15) is 12.2 Å². The van der Waals surface area contributed by atoms with Crippen LogP contribution in [-0.4, -0.2) is 63.1 Å². The van der Waals surface area contributed by atoms with Gasteiger partial charge in [-0.3, -0.25) is 9.89 Å². The number of hydrogen-bond donors (Lipinski definition) is 2. The van der Waals surface area contributed by atoms with Gasteiger partial charge in [0.15, 0.2) is 0 Å². The number of hydrogen-bond acceptors (Lipinski definition) is 4. The van der Waals surface area contributed by atoms with E-state index in [1.54, 1.807) is 0 Å². The van der Waals surface area contributed by atoms with Gasteiger partial charge in [-0.25, -0.2) is 9.78 Å². The van der Waals surface area contributed by atoms with Gasteiger partial charge in [-0.1, -0.05) is 0 Å². The van der Waals surface area contributed by atoms with Gasteiger partial charge < -0.3 is 15.1 Å². The van der Waals surface area contributed by atoms with Crippen LogP contribution in [0, 0.1) is 5.92 Å². The van der Waals surface area contributed by atoms with Gasteiger partial charge in [-0.05, 0) is 44.9 Å². The predicted molar refractivity (Wildman–Crippen MR) is 90.6 cm³/mol. The number of rotatable bonds is 3. The molecule has 1 aromatic rings. The van der Waals surface area contributed by atoms with E-state index in [1.807, 2.05) is 9.80 Å². The highest BCUT2D eigenvalue weighted by Gasteiger charge is 2.44. The highest BCUT2D eigenvalue weighted by Crippen LogP contribution is 2.39. The molecule has 8 nitrogen and oxygen atoms in total. The minimum Gasteiger partial charge on any atom is -0.343 e. The molecule has 2 aliphatic heterocycles. The fourth-order valence-corrected chi connectivity index (χ4v) is 4.20. The van der Waals surface area contributed by atoms with Crippen LogP contribution in [0.1, 0.15) is 50.8 Å². The predicted octanol–water partition coefficient (Wildman–Crippen LogP) is 1.23. The normalized spacial score (nSPS) is 25.5. The molecule has 1 saturated carbocycles. The van der Waals surface area contributed by atoms with Crippen molar-refractivity contribution in [2.45, 2.75) is 50.5 Å². The van der Waals surface area contributed by atoms with Gasteiger partial charge in [-0.2, -0.15) is 5.10 Å². The van der Waals surface area contributed by atoms with Crippen LogP contribution in [0.15, 0.2) is 6.33 Å². The Hall–Kier alpha value is -2.12. The van der Waals surface area contributed by atoms with Crippen molar-refractivity contribution in [3.8, 4) is 0 Å². The molecule has 8 heteroatoms. The highest BCUT2D eigenvalue weighted by atomic mass is 16.2. The summed E-state index contributed by atoms with van der Waals surface area (Å²) in [6, 6.07) is 0.101. The minimum atomic E-state index is -0.394. The molecule has 3 aliphatic rings. The summed E-state index contributed by atoms with van der Waals surface area (Å²) in [7, 11) is 0. The fraction of sp³-hybridized carbons (Fsp3) is 0.765. The Bertz CT molecular complexity index is 621. The van der Waals surface area contributed by atoms with Crippen molar-refractivity contribution in [1.82, 2.24) is 30.3 Å². The fourth-order valence-electron chi connectivity index (χ4n) is 4.20. The number of piperidine rings is 1. The summed E-state index contributed by atoms with van der Waals surface area (Å²) in [5.41, 5.74) is -0.394. The molecule has 2 saturated heterocycles. The second kappa shape index (κ2) is 6.65. The minimum absolute atomic E-state index is 0.0371. The standard InChI is InChI=1S/C17H26N6O2/c24-14(20-17(6-4-7-17)15-18-12-19-21-15)13-5-3-10-23(11-13)16(25)22-8-1-2-9-22/h12-13H,1-11H2,(H,20,24)(H,18,19,21)/t13-/m0/s1. The number of carbonyl (C=O) groups excluding carboxylic acids is 2. The number of nitrogens with zero attached hydrogens (tertiary/aromatic N) is 4. The summed E-state index contributed by atoms with van der Waals surface area (Å²) in [4.78, 5) is 33.5. The van der Waals surface area contributed by atoms with Crippen LogP contribution in [0.4, 0.5) is 4.79 Å². The number of aromatic nitrogens is 3. The number of amides is 3. The molecule has 3 amide bonds. The number of likely N-dealkylation sites (tertiary alicyclic amines) is 2. The first-order chi connectivity index (χ1) is 12.2. The third kappa shape index (κ3) is 3.09. The molecule has 0 spiro atoms. The van der Waals surface area contributed by atoms with Crippen molar-refractivity contribution in [1.29, 1.82) is 0 Å². The van der Waals surface area contributed by atoms with Crippen molar-refractivity contribution in [3.05, 3.63) is 12.2 Å². The summed E-state index contributed by atoms with van der Waals surface area (Å²) < 4.78 is 0. The largest absolute Gasteiger partial charge is 0.343 e. The topological polar surface area (TPSA) is 94.2 Å². The molecule has 1 atom stereocenters. The maximum Gasteiger partial charge on any atom is 0.320 e. The zero-order valence-electron chi connectivity index (χ0n) is 14.5. The van der Waals surface area contributed by atoms with Crippen LogP contribution >= 0.6 is 0 Å². The lowest BCUT2D eigenvalue weighted by Gasteiger charge is -2.42. The van der Waals surface area contributed by atoms with E-state index in [4.69, 9.17) is 0 Å². The Labute approximate surface area is 147 Å². The Balaban J connectivity index is 1.39. The molecule has 2 N–H and O–H groups in total. The molecule has 1 aromatic heterocycles. The second-order valence-corrected chi connectivity index (χ2v) is 7.52. The molecule has 4 rings (SSSR count). The Kier molecular flexibility index (Phi) is 4.35. The zero-order chi connectivity index (χ0) is 17.3. The van der Waals surface area contributed by atoms with E-state index in [-0.39, 0.29) is 17.9 Å². The summed E-state index contributed by atoms with van der Waals surface area (Å²) in [6.07, 6.45) is 8.22. The number of carbonyl (C=O) groups is 2. The van der Waals surface area contributed by atoms with Crippen molar-refractivity contribution < 1.29 is 9.59 Å². The SMILES string of the molecule is O=C(NC1(c2ncn[nH]2)CCC1)[C@H]1CCCN(C(=O)N2CCCC2)C1. The van der Waals surface area contributed by atoms with Crippen molar-refractivity contribution in [2.24, 2.45) is 5.92 Å². The first-order valence-electron chi connectivity index (χ1n) is 9.40. The monoisotopic (exact) mass is 346 g/mol.